The van der Waals surface area contributed by atoms with Gasteiger partial charge in [-0.25, -0.2) is 9.86 Å². The Hall–Kier alpha value is -1.45. The molecular weight excluding hydrogens is 170 g/mol. The second-order valence-corrected chi connectivity index (χ2v) is 2.78. The molecule has 0 fully saturated rings. The van der Waals surface area contributed by atoms with Crippen LogP contribution in [0.3, 0.4) is 0 Å². The van der Waals surface area contributed by atoms with Crippen molar-refractivity contribution in [2.45, 2.75) is 25.8 Å². The fourth-order valence-electron chi connectivity index (χ4n) is 1.13. The summed E-state index contributed by atoms with van der Waals surface area (Å²) >= 11 is 0. The van der Waals surface area contributed by atoms with Crippen molar-refractivity contribution < 1.29 is 14.7 Å². The van der Waals surface area contributed by atoms with Gasteiger partial charge in [-0.2, -0.15) is 0 Å². The van der Waals surface area contributed by atoms with E-state index in [9.17, 15) is 4.79 Å². The topological polar surface area (TPSA) is 49.8 Å². The van der Waals surface area contributed by atoms with Crippen LogP contribution in [0.1, 0.15) is 19.8 Å². The van der Waals surface area contributed by atoms with Crippen molar-refractivity contribution >= 4 is 5.97 Å². The molecule has 1 rings (SSSR count). The normalized spacial score (nSPS) is 16.8. The van der Waals surface area contributed by atoms with Crippen molar-refractivity contribution in [3.63, 3.8) is 0 Å². The molecule has 4 heteroatoms. The van der Waals surface area contributed by atoms with Crippen LogP contribution in [0.15, 0.2) is 24.6 Å². The predicted octanol–water partition coefficient (Wildman–Crippen LogP) is 1.51. The smallest absolute Gasteiger partial charge is 0.329 e. The van der Waals surface area contributed by atoms with Gasteiger partial charge in [-0.05, 0) is 18.6 Å². The molecule has 1 unspecified atom stereocenters. The lowest BCUT2D eigenvalue weighted by Gasteiger charge is -2.26. The molecule has 1 N–H and O–H groups in total. The maximum absolute atomic E-state index is 10.8. The first-order valence-electron chi connectivity index (χ1n) is 4.27. The summed E-state index contributed by atoms with van der Waals surface area (Å²) in [7, 11) is 0. The van der Waals surface area contributed by atoms with Gasteiger partial charge in [0.05, 0.1) is 0 Å². The lowest BCUT2D eigenvalue weighted by Crippen LogP contribution is -2.37. The summed E-state index contributed by atoms with van der Waals surface area (Å²) in [4.78, 5) is 15.8. The molecule has 0 aromatic rings. The van der Waals surface area contributed by atoms with E-state index in [0.717, 1.165) is 6.42 Å². The standard InChI is InChI=1S/C9H13NO3/c1-2-5-8(9(11)12)10-6-3-4-7-13-10/h3-4,6-8H,2,5H2,1H3,(H,11,12). The SMILES string of the molecule is CCCC(C(=O)O)N1C=CC=CO1. The highest BCUT2D eigenvalue weighted by molar-refractivity contribution is 5.73. The first-order valence-corrected chi connectivity index (χ1v) is 4.27. The third kappa shape index (κ3) is 2.50. The molecule has 0 aromatic heterocycles. The van der Waals surface area contributed by atoms with Crippen LogP contribution in [0.5, 0.6) is 0 Å². The number of carbonyl (C=O) groups is 1. The van der Waals surface area contributed by atoms with E-state index < -0.39 is 12.0 Å². The predicted molar refractivity (Wildman–Crippen MR) is 47.5 cm³/mol. The monoisotopic (exact) mass is 183 g/mol. The lowest BCUT2D eigenvalue weighted by atomic mass is 10.1. The van der Waals surface area contributed by atoms with E-state index in [1.165, 1.54) is 11.3 Å². The Kier molecular flexibility index (Phi) is 3.37. The average molecular weight is 183 g/mol. The highest BCUT2D eigenvalue weighted by Crippen LogP contribution is 2.11. The van der Waals surface area contributed by atoms with Gasteiger partial charge < -0.3 is 9.94 Å². The molecule has 0 aliphatic carbocycles. The molecule has 4 nitrogen and oxygen atoms in total. The maximum atomic E-state index is 10.8. The summed E-state index contributed by atoms with van der Waals surface area (Å²) in [5.41, 5.74) is 0. The molecule has 0 amide bonds. The van der Waals surface area contributed by atoms with Crippen molar-refractivity contribution in [1.82, 2.24) is 5.06 Å². The Labute approximate surface area is 77.1 Å². The van der Waals surface area contributed by atoms with Gasteiger partial charge in [0.25, 0.3) is 0 Å². The third-order valence-electron chi connectivity index (χ3n) is 1.76. The molecule has 13 heavy (non-hydrogen) atoms. The molecular formula is C9H13NO3. The zero-order valence-corrected chi connectivity index (χ0v) is 7.51. The number of carboxylic acids is 1. The van der Waals surface area contributed by atoms with E-state index in [1.54, 1.807) is 18.4 Å². The van der Waals surface area contributed by atoms with Gasteiger partial charge >= 0.3 is 5.97 Å². The number of rotatable bonds is 4. The molecule has 1 aliphatic rings. The Morgan fingerprint density at radius 2 is 2.38 bits per heavy atom. The molecule has 1 aliphatic heterocycles. The van der Waals surface area contributed by atoms with Crippen LogP contribution in [0.2, 0.25) is 0 Å². The highest BCUT2D eigenvalue weighted by Gasteiger charge is 2.23. The van der Waals surface area contributed by atoms with E-state index in [4.69, 9.17) is 9.94 Å². The number of hydrogen-bond acceptors (Lipinski definition) is 3. The molecule has 1 heterocycles. The number of nitrogens with zero attached hydrogens (tertiary/aromatic N) is 1. The summed E-state index contributed by atoms with van der Waals surface area (Å²) in [6.45, 7) is 1.94. The van der Waals surface area contributed by atoms with Crippen molar-refractivity contribution in [2.24, 2.45) is 0 Å². The second-order valence-electron chi connectivity index (χ2n) is 2.78. The van der Waals surface area contributed by atoms with E-state index >= 15 is 0 Å². The number of allylic oxidation sites excluding steroid dienone is 2. The third-order valence-corrected chi connectivity index (χ3v) is 1.76. The highest BCUT2D eigenvalue weighted by atomic mass is 16.7. The Balaban J connectivity index is 2.59. The Morgan fingerprint density at radius 1 is 1.62 bits per heavy atom. The van der Waals surface area contributed by atoms with Crippen LogP contribution >= 0.6 is 0 Å². The van der Waals surface area contributed by atoms with E-state index in [0.29, 0.717) is 6.42 Å². The molecule has 0 bridgehead atoms. The number of hydroxylamine groups is 2. The summed E-state index contributed by atoms with van der Waals surface area (Å²) in [6.07, 6.45) is 7.93. The van der Waals surface area contributed by atoms with Crippen molar-refractivity contribution in [2.75, 3.05) is 0 Å². The number of aliphatic carboxylic acids is 1. The van der Waals surface area contributed by atoms with Crippen LogP contribution in [-0.4, -0.2) is 22.2 Å². The van der Waals surface area contributed by atoms with Crippen molar-refractivity contribution in [1.29, 1.82) is 0 Å². The van der Waals surface area contributed by atoms with Gasteiger partial charge in [-0.15, -0.1) is 0 Å². The molecule has 0 spiro atoms. The van der Waals surface area contributed by atoms with Gasteiger partial charge in [0, 0.05) is 6.20 Å². The van der Waals surface area contributed by atoms with Gasteiger partial charge in [-0.1, -0.05) is 13.3 Å². The first-order chi connectivity index (χ1) is 6.25. The van der Waals surface area contributed by atoms with Crippen LogP contribution in [0.25, 0.3) is 0 Å². The van der Waals surface area contributed by atoms with E-state index in [1.807, 2.05) is 6.92 Å². The van der Waals surface area contributed by atoms with E-state index in [-0.39, 0.29) is 0 Å². The van der Waals surface area contributed by atoms with Crippen LogP contribution in [-0.2, 0) is 9.63 Å². The quantitative estimate of drug-likeness (QED) is 0.717. The fourth-order valence-corrected chi connectivity index (χ4v) is 1.13. The number of hydrogen-bond donors (Lipinski definition) is 1. The minimum absolute atomic E-state index is 0.577. The minimum atomic E-state index is -0.859. The Bertz CT molecular complexity index is 235. The molecule has 0 saturated carbocycles. The summed E-state index contributed by atoms with van der Waals surface area (Å²) in [6, 6.07) is -0.591. The summed E-state index contributed by atoms with van der Waals surface area (Å²) in [5, 5.41) is 10.2. The van der Waals surface area contributed by atoms with E-state index in [2.05, 4.69) is 0 Å². The molecule has 0 saturated heterocycles. The van der Waals surface area contributed by atoms with Crippen molar-refractivity contribution in [3.8, 4) is 0 Å². The molecule has 72 valence electrons. The Morgan fingerprint density at radius 3 is 2.85 bits per heavy atom. The fraction of sp³-hybridized carbons (Fsp3) is 0.444. The minimum Gasteiger partial charge on any atom is -0.480 e. The second kappa shape index (κ2) is 4.54. The summed E-state index contributed by atoms with van der Waals surface area (Å²) < 4.78 is 0. The van der Waals surface area contributed by atoms with Gasteiger partial charge in [0.1, 0.15) is 6.26 Å². The summed E-state index contributed by atoms with van der Waals surface area (Å²) in [5.74, 6) is -0.859. The molecule has 1 atom stereocenters. The zero-order valence-electron chi connectivity index (χ0n) is 7.51. The number of carboxylic acid groups (broad SMARTS) is 1. The first kappa shape index (κ1) is 9.64. The lowest BCUT2D eigenvalue weighted by molar-refractivity contribution is -0.160. The van der Waals surface area contributed by atoms with Gasteiger partial charge in [0.15, 0.2) is 6.04 Å². The zero-order chi connectivity index (χ0) is 9.68. The molecule has 0 radical (unpaired) electrons. The average Bonchev–Trinajstić information content (AvgIpc) is 2.15. The van der Waals surface area contributed by atoms with Gasteiger partial charge in [0.2, 0.25) is 0 Å². The maximum Gasteiger partial charge on any atom is 0.329 e. The van der Waals surface area contributed by atoms with Crippen molar-refractivity contribution in [3.05, 3.63) is 24.6 Å². The van der Waals surface area contributed by atoms with Gasteiger partial charge in [-0.3, -0.25) is 0 Å². The largest absolute Gasteiger partial charge is 0.480 e. The van der Waals surface area contributed by atoms with Crippen LogP contribution in [0, 0.1) is 0 Å². The molecule has 0 aromatic carbocycles. The van der Waals surface area contributed by atoms with Crippen LogP contribution in [0.4, 0.5) is 0 Å². The van der Waals surface area contributed by atoms with Crippen LogP contribution < -0.4 is 0 Å².